The van der Waals surface area contributed by atoms with Crippen LogP contribution in [0.3, 0.4) is 0 Å². The van der Waals surface area contributed by atoms with E-state index in [9.17, 15) is 9.59 Å². The van der Waals surface area contributed by atoms with Crippen molar-refractivity contribution in [1.29, 1.82) is 0 Å². The lowest BCUT2D eigenvalue weighted by molar-refractivity contribution is -0.114. The third kappa shape index (κ3) is 1.79. The van der Waals surface area contributed by atoms with Crippen molar-refractivity contribution >= 4 is 17.3 Å². The highest BCUT2D eigenvalue weighted by atomic mass is 16.4. The summed E-state index contributed by atoms with van der Waals surface area (Å²) in [6.45, 7) is 0. The molecule has 0 radical (unpaired) electrons. The summed E-state index contributed by atoms with van der Waals surface area (Å²) in [4.78, 5) is 25.7. The summed E-state index contributed by atoms with van der Waals surface area (Å²) in [7, 11) is 0. The molecule has 1 heterocycles. The lowest BCUT2D eigenvalue weighted by Crippen LogP contribution is -2.04. The Morgan fingerprint density at radius 3 is 2.80 bits per heavy atom. The van der Waals surface area contributed by atoms with Crippen molar-refractivity contribution in [3.63, 3.8) is 0 Å². The van der Waals surface area contributed by atoms with Crippen LogP contribution in [-0.2, 0) is 4.79 Å². The van der Waals surface area contributed by atoms with Crippen LogP contribution in [0.1, 0.15) is 28.9 Å². The molecule has 76 valence electrons. The second kappa shape index (κ2) is 3.65. The van der Waals surface area contributed by atoms with E-state index in [4.69, 9.17) is 5.11 Å². The Morgan fingerprint density at radius 1 is 1.40 bits per heavy atom. The van der Waals surface area contributed by atoms with Crippen molar-refractivity contribution in [3.8, 4) is 0 Å². The van der Waals surface area contributed by atoms with E-state index < -0.39 is 5.97 Å². The summed E-state index contributed by atoms with van der Waals surface area (Å²) in [6, 6.07) is 3.35. The van der Waals surface area contributed by atoms with E-state index in [1.165, 1.54) is 12.3 Å². The number of aromatic carboxylic acids is 1. The van der Waals surface area contributed by atoms with Gasteiger partial charge in [-0.2, -0.15) is 0 Å². The fourth-order valence-electron chi connectivity index (χ4n) is 1.64. The van der Waals surface area contributed by atoms with Gasteiger partial charge in [0.1, 0.15) is 0 Å². The lowest BCUT2D eigenvalue weighted by atomic mass is 10.0. The normalized spacial score (nSPS) is 15.2. The van der Waals surface area contributed by atoms with E-state index in [2.05, 4.69) is 4.98 Å². The third-order valence-corrected chi connectivity index (χ3v) is 2.33. The van der Waals surface area contributed by atoms with Crippen LogP contribution in [0.15, 0.2) is 24.4 Å². The molecule has 0 amide bonds. The molecular formula is C11H9NO3. The zero-order valence-electron chi connectivity index (χ0n) is 7.93. The fourth-order valence-corrected chi connectivity index (χ4v) is 1.64. The second-order valence-corrected chi connectivity index (χ2v) is 3.34. The number of ketones is 1. The maximum absolute atomic E-state index is 11.1. The predicted molar refractivity (Wildman–Crippen MR) is 53.4 cm³/mol. The number of allylic oxidation sites excluding steroid dienone is 2. The van der Waals surface area contributed by atoms with Crippen molar-refractivity contribution in [1.82, 2.24) is 4.98 Å². The van der Waals surface area contributed by atoms with Crippen LogP contribution < -0.4 is 0 Å². The molecule has 0 aromatic carbocycles. The summed E-state index contributed by atoms with van der Waals surface area (Å²) in [6.07, 6.45) is 4.00. The molecule has 4 heteroatoms. The van der Waals surface area contributed by atoms with E-state index in [1.54, 1.807) is 12.1 Å². The third-order valence-electron chi connectivity index (χ3n) is 2.33. The maximum atomic E-state index is 11.1. The molecule has 0 aliphatic heterocycles. The standard InChI is InChI=1S/C11H9NO3/c13-8-4-3-7(6-8)9-2-1-5-12-10(9)11(14)15/h1-2,5-6H,3-4H2,(H,14,15). The van der Waals surface area contributed by atoms with Crippen LogP contribution >= 0.6 is 0 Å². The Morgan fingerprint density at radius 2 is 2.20 bits per heavy atom. The highest BCUT2D eigenvalue weighted by molar-refractivity contribution is 6.04. The average Bonchev–Trinajstić information content (AvgIpc) is 2.65. The molecule has 15 heavy (non-hydrogen) atoms. The maximum Gasteiger partial charge on any atom is 0.355 e. The number of carboxylic acid groups (broad SMARTS) is 1. The Hall–Kier alpha value is -1.97. The van der Waals surface area contributed by atoms with Crippen molar-refractivity contribution in [3.05, 3.63) is 35.7 Å². The van der Waals surface area contributed by atoms with E-state index in [0.29, 0.717) is 18.4 Å². The number of hydrogen-bond donors (Lipinski definition) is 1. The first kappa shape index (κ1) is 9.58. The molecular weight excluding hydrogens is 194 g/mol. The average molecular weight is 203 g/mol. The van der Waals surface area contributed by atoms with Crippen molar-refractivity contribution < 1.29 is 14.7 Å². The molecule has 0 spiro atoms. The van der Waals surface area contributed by atoms with Crippen LogP contribution in [0.4, 0.5) is 0 Å². The van der Waals surface area contributed by atoms with Gasteiger partial charge in [0, 0.05) is 18.2 Å². The van der Waals surface area contributed by atoms with Gasteiger partial charge in [0.15, 0.2) is 11.5 Å². The molecule has 1 N–H and O–H groups in total. The van der Waals surface area contributed by atoms with Crippen LogP contribution in [-0.4, -0.2) is 21.8 Å². The number of aromatic nitrogens is 1. The molecule has 1 aliphatic rings. The first-order valence-corrected chi connectivity index (χ1v) is 4.60. The van der Waals surface area contributed by atoms with Crippen molar-refractivity contribution in [2.45, 2.75) is 12.8 Å². The van der Waals surface area contributed by atoms with E-state index in [-0.39, 0.29) is 11.5 Å². The molecule has 0 unspecified atom stereocenters. The topological polar surface area (TPSA) is 67.3 Å². The minimum Gasteiger partial charge on any atom is -0.476 e. The molecule has 1 aromatic rings. The van der Waals surface area contributed by atoms with Crippen LogP contribution in [0.5, 0.6) is 0 Å². The number of rotatable bonds is 2. The number of pyridine rings is 1. The number of carboxylic acids is 1. The lowest BCUT2D eigenvalue weighted by Gasteiger charge is -2.04. The Bertz CT molecular complexity index is 463. The van der Waals surface area contributed by atoms with Gasteiger partial charge in [-0.25, -0.2) is 9.78 Å². The number of carbonyl (C=O) groups is 2. The minimum atomic E-state index is -1.06. The quantitative estimate of drug-likeness (QED) is 0.791. The van der Waals surface area contributed by atoms with Crippen LogP contribution in [0.25, 0.3) is 5.57 Å². The monoisotopic (exact) mass is 203 g/mol. The van der Waals surface area contributed by atoms with Crippen LogP contribution in [0, 0.1) is 0 Å². The zero-order chi connectivity index (χ0) is 10.8. The van der Waals surface area contributed by atoms with Gasteiger partial charge >= 0.3 is 5.97 Å². The van der Waals surface area contributed by atoms with E-state index in [0.717, 1.165) is 5.57 Å². The SMILES string of the molecule is O=C1C=C(c2cccnc2C(=O)O)CC1. The van der Waals surface area contributed by atoms with Crippen LogP contribution in [0.2, 0.25) is 0 Å². The fraction of sp³-hybridized carbons (Fsp3) is 0.182. The zero-order valence-corrected chi connectivity index (χ0v) is 7.93. The first-order chi connectivity index (χ1) is 7.18. The van der Waals surface area contributed by atoms with Crippen molar-refractivity contribution in [2.75, 3.05) is 0 Å². The van der Waals surface area contributed by atoms with Gasteiger partial charge in [-0.1, -0.05) is 6.07 Å². The van der Waals surface area contributed by atoms with Crippen molar-refractivity contribution in [2.24, 2.45) is 0 Å². The molecule has 0 saturated carbocycles. The summed E-state index contributed by atoms with van der Waals surface area (Å²) < 4.78 is 0. The molecule has 1 aromatic heterocycles. The smallest absolute Gasteiger partial charge is 0.355 e. The van der Waals surface area contributed by atoms with Gasteiger partial charge in [0.2, 0.25) is 0 Å². The molecule has 0 atom stereocenters. The molecule has 0 saturated heterocycles. The van der Waals surface area contributed by atoms with Gasteiger partial charge in [0.05, 0.1) is 0 Å². The number of nitrogens with zero attached hydrogens (tertiary/aromatic N) is 1. The molecule has 1 aliphatic carbocycles. The van der Waals surface area contributed by atoms with Gasteiger partial charge < -0.3 is 5.11 Å². The highest BCUT2D eigenvalue weighted by Gasteiger charge is 2.19. The van der Waals surface area contributed by atoms with Gasteiger partial charge in [0.25, 0.3) is 0 Å². The van der Waals surface area contributed by atoms with Gasteiger partial charge in [-0.05, 0) is 24.1 Å². The Kier molecular flexibility index (Phi) is 2.33. The second-order valence-electron chi connectivity index (χ2n) is 3.34. The Balaban J connectivity index is 2.48. The summed E-state index contributed by atoms with van der Waals surface area (Å²) in [5, 5.41) is 8.92. The summed E-state index contributed by atoms with van der Waals surface area (Å²) >= 11 is 0. The number of hydrogen-bond acceptors (Lipinski definition) is 3. The molecule has 2 rings (SSSR count). The van der Waals surface area contributed by atoms with E-state index in [1.807, 2.05) is 0 Å². The predicted octanol–water partition coefficient (Wildman–Crippen LogP) is 1.53. The largest absolute Gasteiger partial charge is 0.476 e. The molecule has 0 fully saturated rings. The number of carbonyl (C=O) groups excluding carboxylic acids is 1. The summed E-state index contributed by atoms with van der Waals surface area (Å²) in [5.74, 6) is -1.02. The highest BCUT2D eigenvalue weighted by Crippen LogP contribution is 2.27. The summed E-state index contributed by atoms with van der Waals surface area (Å²) in [5.41, 5.74) is 1.33. The first-order valence-electron chi connectivity index (χ1n) is 4.60. The van der Waals surface area contributed by atoms with Gasteiger partial charge in [-0.15, -0.1) is 0 Å². The van der Waals surface area contributed by atoms with E-state index >= 15 is 0 Å². The Labute approximate surface area is 86.3 Å². The minimum absolute atomic E-state index is 0.0125. The van der Waals surface area contributed by atoms with Gasteiger partial charge in [-0.3, -0.25) is 4.79 Å². The molecule has 0 bridgehead atoms. The molecule has 4 nitrogen and oxygen atoms in total.